The Balaban J connectivity index is 1.59. The van der Waals surface area contributed by atoms with Gasteiger partial charge in [-0.3, -0.25) is 4.79 Å². The third-order valence-electron chi connectivity index (χ3n) is 4.26. The molecule has 0 atom stereocenters. The van der Waals surface area contributed by atoms with Gasteiger partial charge >= 0.3 is 5.97 Å². The predicted molar refractivity (Wildman–Crippen MR) is 104 cm³/mol. The van der Waals surface area contributed by atoms with Crippen molar-refractivity contribution in [2.24, 2.45) is 0 Å². The van der Waals surface area contributed by atoms with E-state index in [1.54, 1.807) is 23.1 Å². The lowest BCUT2D eigenvalue weighted by atomic mass is 10.2. The average molecular weight is 362 g/mol. The maximum atomic E-state index is 12.4. The minimum atomic E-state index is -0.506. The van der Waals surface area contributed by atoms with E-state index in [1.807, 2.05) is 72.4 Å². The maximum Gasteiger partial charge on any atom is 0.338 e. The predicted octanol–water partition coefficient (Wildman–Crippen LogP) is 3.68. The number of likely N-dealkylation sites (N-methyl/N-ethyl adjacent to an activating group) is 1. The van der Waals surface area contributed by atoms with E-state index in [0.29, 0.717) is 18.7 Å². The maximum absolute atomic E-state index is 12.4. The van der Waals surface area contributed by atoms with Crippen LogP contribution in [-0.2, 0) is 16.1 Å². The number of hydrogen-bond donors (Lipinski definition) is 0. The molecule has 0 unspecified atom stereocenters. The zero-order valence-electron chi connectivity index (χ0n) is 15.2. The fraction of sp³-hybridized carbons (Fsp3) is 0.182. The summed E-state index contributed by atoms with van der Waals surface area (Å²) in [6.07, 6.45) is 3.80. The molecule has 0 saturated carbocycles. The number of rotatable bonds is 7. The fourth-order valence-corrected chi connectivity index (χ4v) is 2.78. The van der Waals surface area contributed by atoms with Crippen LogP contribution in [0.4, 0.5) is 0 Å². The van der Waals surface area contributed by atoms with Crippen molar-refractivity contribution in [2.75, 3.05) is 13.2 Å². The molecule has 5 heteroatoms. The highest BCUT2D eigenvalue weighted by Crippen LogP contribution is 2.12. The minimum Gasteiger partial charge on any atom is -0.452 e. The third kappa shape index (κ3) is 4.85. The van der Waals surface area contributed by atoms with Crippen LogP contribution in [0, 0.1) is 0 Å². The molecule has 5 nitrogen and oxygen atoms in total. The molecule has 1 heterocycles. The van der Waals surface area contributed by atoms with Crippen molar-refractivity contribution >= 4 is 11.9 Å². The highest BCUT2D eigenvalue weighted by atomic mass is 16.5. The number of carbonyl (C=O) groups is 2. The number of ether oxygens (including phenoxy) is 1. The summed E-state index contributed by atoms with van der Waals surface area (Å²) < 4.78 is 7.15. The fourth-order valence-electron chi connectivity index (χ4n) is 2.78. The highest BCUT2D eigenvalue weighted by Gasteiger charge is 2.16. The summed E-state index contributed by atoms with van der Waals surface area (Å²) in [5.41, 5.74) is 2.32. The average Bonchev–Trinajstić information content (AvgIpc) is 3.26. The Morgan fingerprint density at radius 1 is 0.963 bits per heavy atom. The van der Waals surface area contributed by atoms with Crippen LogP contribution in [0.25, 0.3) is 5.69 Å². The van der Waals surface area contributed by atoms with Gasteiger partial charge in [-0.05, 0) is 42.8 Å². The van der Waals surface area contributed by atoms with Gasteiger partial charge in [0.25, 0.3) is 5.91 Å². The van der Waals surface area contributed by atoms with Crippen LogP contribution in [0.15, 0.2) is 79.1 Å². The zero-order chi connectivity index (χ0) is 19.1. The Morgan fingerprint density at radius 2 is 1.70 bits per heavy atom. The molecule has 0 saturated heterocycles. The molecule has 3 rings (SSSR count). The zero-order valence-corrected chi connectivity index (χ0v) is 15.2. The summed E-state index contributed by atoms with van der Waals surface area (Å²) in [4.78, 5) is 26.4. The van der Waals surface area contributed by atoms with Gasteiger partial charge in [-0.1, -0.05) is 36.4 Å². The van der Waals surface area contributed by atoms with E-state index >= 15 is 0 Å². The second-order valence-electron chi connectivity index (χ2n) is 6.11. The van der Waals surface area contributed by atoms with E-state index in [9.17, 15) is 9.59 Å². The Bertz CT molecular complexity index is 889. The van der Waals surface area contributed by atoms with Crippen LogP contribution in [0.2, 0.25) is 0 Å². The molecule has 0 aliphatic heterocycles. The van der Waals surface area contributed by atoms with E-state index in [0.717, 1.165) is 11.3 Å². The van der Waals surface area contributed by atoms with Crippen molar-refractivity contribution in [3.8, 4) is 5.69 Å². The first-order chi connectivity index (χ1) is 13.2. The number of benzene rings is 2. The van der Waals surface area contributed by atoms with Gasteiger partial charge in [0.15, 0.2) is 6.61 Å². The summed E-state index contributed by atoms with van der Waals surface area (Å²) in [6, 6.07) is 20.7. The van der Waals surface area contributed by atoms with Crippen LogP contribution in [-0.4, -0.2) is 34.5 Å². The first-order valence-corrected chi connectivity index (χ1v) is 8.89. The lowest BCUT2D eigenvalue weighted by molar-refractivity contribution is -0.134. The molecule has 0 bridgehead atoms. The number of hydrogen-bond acceptors (Lipinski definition) is 3. The summed E-state index contributed by atoms with van der Waals surface area (Å²) in [5.74, 6) is -0.718. The van der Waals surface area contributed by atoms with Gasteiger partial charge in [-0.25, -0.2) is 4.79 Å². The molecule has 1 amide bonds. The highest BCUT2D eigenvalue weighted by molar-refractivity contribution is 5.91. The molecule has 0 radical (unpaired) electrons. The van der Waals surface area contributed by atoms with Crippen molar-refractivity contribution in [1.82, 2.24) is 9.47 Å². The van der Waals surface area contributed by atoms with E-state index in [-0.39, 0.29) is 12.5 Å². The van der Waals surface area contributed by atoms with E-state index < -0.39 is 5.97 Å². The Morgan fingerprint density at radius 3 is 2.41 bits per heavy atom. The van der Waals surface area contributed by atoms with Crippen LogP contribution in [0.3, 0.4) is 0 Å². The molecule has 2 aromatic carbocycles. The molecule has 0 aliphatic carbocycles. The first-order valence-electron chi connectivity index (χ1n) is 8.89. The molecular formula is C22H22N2O3. The standard InChI is InChI=1S/C22H22N2O3/c1-2-23(16-18-9-4-3-5-10-18)21(25)17-27-22(26)19-11-8-12-20(15-19)24-13-6-7-14-24/h3-15H,2,16-17H2,1H3. The summed E-state index contributed by atoms with van der Waals surface area (Å²) >= 11 is 0. The first kappa shape index (κ1) is 18.5. The Kier molecular flexibility index (Phi) is 6.05. The van der Waals surface area contributed by atoms with Crippen molar-refractivity contribution in [1.29, 1.82) is 0 Å². The van der Waals surface area contributed by atoms with E-state index in [4.69, 9.17) is 4.74 Å². The van der Waals surface area contributed by atoms with Gasteiger partial charge in [-0.15, -0.1) is 0 Å². The molecular weight excluding hydrogens is 340 g/mol. The van der Waals surface area contributed by atoms with E-state index in [2.05, 4.69) is 0 Å². The van der Waals surface area contributed by atoms with Crippen LogP contribution >= 0.6 is 0 Å². The quantitative estimate of drug-likeness (QED) is 0.603. The molecule has 0 N–H and O–H groups in total. The van der Waals surface area contributed by atoms with Gasteiger partial charge in [-0.2, -0.15) is 0 Å². The van der Waals surface area contributed by atoms with Crippen molar-refractivity contribution in [3.05, 3.63) is 90.3 Å². The molecule has 0 spiro atoms. The number of nitrogens with zero attached hydrogens (tertiary/aromatic N) is 2. The molecule has 3 aromatic rings. The van der Waals surface area contributed by atoms with Gasteiger partial charge < -0.3 is 14.2 Å². The Hall–Kier alpha value is -3.34. The largest absolute Gasteiger partial charge is 0.452 e. The molecule has 138 valence electrons. The van der Waals surface area contributed by atoms with E-state index in [1.165, 1.54) is 0 Å². The normalized spacial score (nSPS) is 10.4. The topological polar surface area (TPSA) is 51.5 Å². The van der Waals surface area contributed by atoms with Crippen LogP contribution in [0.5, 0.6) is 0 Å². The number of aromatic nitrogens is 1. The van der Waals surface area contributed by atoms with Gasteiger partial charge in [0.1, 0.15) is 0 Å². The second-order valence-corrected chi connectivity index (χ2v) is 6.11. The van der Waals surface area contributed by atoms with Crippen molar-refractivity contribution in [3.63, 3.8) is 0 Å². The number of esters is 1. The van der Waals surface area contributed by atoms with Crippen molar-refractivity contribution < 1.29 is 14.3 Å². The van der Waals surface area contributed by atoms with Gasteiger partial charge in [0.2, 0.25) is 0 Å². The molecule has 0 aliphatic rings. The monoisotopic (exact) mass is 362 g/mol. The van der Waals surface area contributed by atoms with Crippen LogP contribution in [0.1, 0.15) is 22.8 Å². The third-order valence-corrected chi connectivity index (χ3v) is 4.26. The lowest BCUT2D eigenvalue weighted by Crippen LogP contribution is -2.34. The summed E-state index contributed by atoms with van der Waals surface area (Å²) in [5, 5.41) is 0. The molecule has 1 aromatic heterocycles. The Labute approximate surface area is 158 Å². The van der Waals surface area contributed by atoms with Crippen LogP contribution < -0.4 is 0 Å². The summed E-state index contributed by atoms with van der Waals surface area (Å²) in [7, 11) is 0. The summed E-state index contributed by atoms with van der Waals surface area (Å²) in [6.45, 7) is 2.68. The lowest BCUT2D eigenvalue weighted by Gasteiger charge is -2.20. The SMILES string of the molecule is CCN(Cc1ccccc1)C(=O)COC(=O)c1cccc(-n2cccc2)c1. The number of amides is 1. The second kappa shape index (κ2) is 8.85. The van der Waals surface area contributed by atoms with Gasteiger partial charge in [0.05, 0.1) is 5.56 Å². The van der Waals surface area contributed by atoms with Gasteiger partial charge in [0, 0.05) is 31.2 Å². The molecule has 27 heavy (non-hydrogen) atoms. The van der Waals surface area contributed by atoms with Crippen molar-refractivity contribution in [2.45, 2.75) is 13.5 Å². The number of carbonyl (C=O) groups excluding carboxylic acids is 2. The smallest absolute Gasteiger partial charge is 0.338 e. The minimum absolute atomic E-state index is 0.212. The molecule has 0 fully saturated rings.